The summed E-state index contributed by atoms with van der Waals surface area (Å²) >= 11 is 0. The topological polar surface area (TPSA) is 101 Å². The van der Waals surface area contributed by atoms with E-state index in [1.54, 1.807) is 42.5 Å². The summed E-state index contributed by atoms with van der Waals surface area (Å²) in [6.07, 6.45) is 2.72. The number of imide groups is 1. The van der Waals surface area contributed by atoms with E-state index < -0.39 is 16.0 Å². The molecule has 2 heterocycles. The molecule has 2 aliphatic heterocycles. The highest BCUT2D eigenvalue weighted by Gasteiger charge is 2.35. The summed E-state index contributed by atoms with van der Waals surface area (Å²) in [5.41, 5.74) is 2.60. The number of rotatable bonds is 7. The molecule has 0 bridgehead atoms. The predicted octanol–water partition coefficient (Wildman–Crippen LogP) is 2.63. The van der Waals surface area contributed by atoms with Crippen LogP contribution in [0, 0.1) is 0 Å². The number of sulfonamides is 1. The van der Waals surface area contributed by atoms with Crippen molar-refractivity contribution in [2.45, 2.75) is 32.2 Å². The fraction of sp³-hybridized carbons (Fsp3) is 0.348. The number of hydrogen-bond acceptors (Lipinski definition) is 6. The van der Waals surface area contributed by atoms with E-state index in [1.165, 1.54) is 15.5 Å². The van der Waals surface area contributed by atoms with Crippen molar-refractivity contribution in [2.24, 2.45) is 0 Å². The summed E-state index contributed by atoms with van der Waals surface area (Å²) < 4.78 is 30.7. The van der Waals surface area contributed by atoms with Crippen LogP contribution >= 0.6 is 0 Å². The summed E-state index contributed by atoms with van der Waals surface area (Å²) in [4.78, 5) is 38.3. The van der Waals surface area contributed by atoms with Gasteiger partial charge >= 0.3 is 5.97 Å². The van der Waals surface area contributed by atoms with Gasteiger partial charge in [-0.3, -0.25) is 18.8 Å². The number of unbranched alkanes of at least 4 members (excludes halogenated alkanes) is 1. The molecule has 0 saturated heterocycles. The molecule has 0 fully saturated rings. The summed E-state index contributed by atoms with van der Waals surface area (Å²) in [6.45, 7) is 2.25. The number of esters is 1. The van der Waals surface area contributed by atoms with Crippen LogP contribution in [0.1, 0.15) is 56.4 Å². The molecule has 32 heavy (non-hydrogen) atoms. The molecule has 2 aromatic carbocycles. The van der Waals surface area contributed by atoms with Crippen molar-refractivity contribution in [3.05, 3.63) is 64.7 Å². The molecule has 1 atom stereocenters. The van der Waals surface area contributed by atoms with Crippen molar-refractivity contribution in [1.82, 2.24) is 4.90 Å². The van der Waals surface area contributed by atoms with Crippen molar-refractivity contribution in [1.29, 1.82) is 0 Å². The number of fused-ring (bicyclic) bond motifs is 2. The molecule has 8 nitrogen and oxygen atoms in total. The Bertz CT molecular complexity index is 1170. The summed E-state index contributed by atoms with van der Waals surface area (Å²) in [7, 11) is -3.39. The fourth-order valence-corrected chi connectivity index (χ4v) is 5.56. The van der Waals surface area contributed by atoms with Crippen LogP contribution in [0.5, 0.6) is 0 Å². The maximum absolute atomic E-state index is 12.4. The third kappa shape index (κ3) is 4.00. The smallest absolute Gasteiger partial charge is 0.338 e. The van der Waals surface area contributed by atoms with Gasteiger partial charge < -0.3 is 4.74 Å². The zero-order valence-corrected chi connectivity index (χ0v) is 18.7. The highest BCUT2D eigenvalue weighted by Crippen LogP contribution is 2.34. The first-order valence-electron chi connectivity index (χ1n) is 10.4. The van der Waals surface area contributed by atoms with Gasteiger partial charge in [-0.2, -0.15) is 0 Å². The second-order valence-corrected chi connectivity index (χ2v) is 9.97. The van der Waals surface area contributed by atoms with E-state index in [0.717, 1.165) is 5.56 Å². The predicted molar refractivity (Wildman–Crippen MR) is 118 cm³/mol. The van der Waals surface area contributed by atoms with Crippen LogP contribution in [0.4, 0.5) is 5.69 Å². The minimum absolute atomic E-state index is 0.158. The molecule has 0 saturated carbocycles. The summed E-state index contributed by atoms with van der Waals surface area (Å²) in [6, 6.07) is 11.4. The number of carbonyl (C=O) groups excluding carboxylic acids is 3. The zero-order valence-electron chi connectivity index (χ0n) is 17.9. The Morgan fingerprint density at radius 2 is 1.72 bits per heavy atom. The lowest BCUT2D eigenvalue weighted by Crippen LogP contribution is -2.34. The molecule has 0 aromatic heterocycles. The van der Waals surface area contributed by atoms with Crippen LogP contribution in [-0.2, 0) is 21.2 Å². The van der Waals surface area contributed by atoms with E-state index in [2.05, 4.69) is 0 Å². The van der Waals surface area contributed by atoms with Gasteiger partial charge in [-0.05, 0) is 62.1 Å². The second-order valence-electron chi connectivity index (χ2n) is 8.11. The maximum atomic E-state index is 12.4. The van der Waals surface area contributed by atoms with E-state index in [1.807, 2.05) is 6.92 Å². The van der Waals surface area contributed by atoms with Crippen LogP contribution in [0.25, 0.3) is 0 Å². The van der Waals surface area contributed by atoms with Crippen LogP contribution in [0.2, 0.25) is 0 Å². The van der Waals surface area contributed by atoms with E-state index in [0.29, 0.717) is 41.6 Å². The molecule has 2 amide bonds. The van der Waals surface area contributed by atoms with E-state index in [4.69, 9.17) is 4.74 Å². The van der Waals surface area contributed by atoms with E-state index in [9.17, 15) is 22.8 Å². The molecule has 0 radical (unpaired) electrons. The average Bonchev–Trinajstić information content (AvgIpc) is 3.21. The van der Waals surface area contributed by atoms with Gasteiger partial charge in [0.2, 0.25) is 10.0 Å². The molecular weight excluding hydrogens is 432 g/mol. The minimum atomic E-state index is -3.39. The Hall–Kier alpha value is -3.20. The van der Waals surface area contributed by atoms with Crippen molar-refractivity contribution in [3.63, 3.8) is 0 Å². The van der Waals surface area contributed by atoms with Gasteiger partial charge in [0, 0.05) is 12.6 Å². The van der Waals surface area contributed by atoms with Crippen molar-refractivity contribution < 1.29 is 27.5 Å². The number of amides is 2. The fourth-order valence-electron chi connectivity index (χ4n) is 4.30. The quantitative estimate of drug-likeness (QED) is 0.361. The van der Waals surface area contributed by atoms with Crippen LogP contribution in [0.3, 0.4) is 0 Å². The maximum Gasteiger partial charge on any atom is 0.338 e. The molecule has 0 spiro atoms. The standard InChI is InChI=1S/C23H24N2O6S/c1-15-13-17-14-16(9-10-20(17)25(15)32(2,29)30)23(28)31-12-6-5-11-24-21(26)18-7-3-4-8-19(18)22(24)27/h3-4,7-10,14-15H,5-6,11-13H2,1-2H3/t15-/m1/s1. The van der Waals surface area contributed by atoms with Crippen LogP contribution in [-0.4, -0.2) is 56.6 Å². The Morgan fingerprint density at radius 1 is 1.06 bits per heavy atom. The SMILES string of the molecule is C[C@@H]1Cc2cc(C(=O)OCCCCN3C(=O)c4ccccc4C3=O)ccc2N1S(C)(=O)=O. The van der Waals surface area contributed by atoms with Crippen molar-refractivity contribution in [2.75, 3.05) is 23.7 Å². The van der Waals surface area contributed by atoms with E-state index >= 15 is 0 Å². The molecule has 2 aromatic rings. The number of anilines is 1. The lowest BCUT2D eigenvalue weighted by molar-refractivity contribution is 0.0485. The summed E-state index contributed by atoms with van der Waals surface area (Å²) in [5.74, 6) is -1.07. The number of nitrogens with zero attached hydrogens (tertiary/aromatic N) is 2. The molecule has 0 unspecified atom stereocenters. The van der Waals surface area contributed by atoms with Gasteiger partial charge in [-0.1, -0.05) is 12.1 Å². The molecule has 168 valence electrons. The Balaban J connectivity index is 1.28. The van der Waals surface area contributed by atoms with Crippen molar-refractivity contribution >= 4 is 33.5 Å². The summed E-state index contributed by atoms with van der Waals surface area (Å²) in [5, 5.41) is 0. The van der Waals surface area contributed by atoms with E-state index in [-0.39, 0.29) is 31.0 Å². The number of benzene rings is 2. The van der Waals surface area contributed by atoms with Gasteiger partial charge in [0.05, 0.1) is 35.2 Å². The lowest BCUT2D eigenvalue weighted by Gasteiger charge is -2.21. The Kier molecular flexibility index (Phi) is 5.77. The zero-order chi connectivity index (χ0) is 23.0. The average molecular weight is 457 g/mol. The second kappa shape index (κ2) is 8.38. The first-order valence-corrected chi connectivity index (χ1v) is 12.3. The van der Waals surface area contributed by atoms with Crippen LogP contribution < -0.4 is 4.31 Å². The first kappa shape index (κ1) is 22.0. The first-order chi connectivity index (χ1) is 15.2. The normalized spacial score (nSPS) is 17.5. The lowest BCUT2D eigenvalue weighted by atomic mass is 10.1. The highest BCUT2D eigenvalue weighted by atomic mass is 32.2. The number of hydrogen-bond donors (Lipinski definition) is 0. The van der Waals surface area contributed by atoms with Gasteiger partial charge in [0.15, 0.2) is 0 Å². The number of ether oxygens (including phenoxy) is 1. The Labute approximate surface area is 186 Å². The molecule has 9 heteroatoms. The Morgan fingerprint density at radius 3 is 2.34 bits per heavy atom. The van der Waals surface area contributed by atoms with Gasteiger partial charge in [0.25, 0.3) is 11.8 Å². The molecule has 4 rings (SSSR count). The van der Waals surface area contributed by atoms with Gasteiger partial charge in [-0.15, -0.1) is 0 Å². The van der Waals surface area contributed by atoms with Crippen LogP contribution in [0.15, 0.2) is 42.5 Å². The molecule has 0 N–H and O–H groups in total. The van der Waals surface area contributed by atoms with Gasteiger partial charge in [0.1, 0.15) is 0 Å². The number of carbonyl (C=O) groups is 3. The van der Waals surface area contributed by atoms with Gasteiger partial charge in [-0.25, -0.2) is 13.2 Å². The largest absolute Gasteiger partial charge is 0.462 e. The molecule has 0 aliphatic carbocycles. The monoisotopic (exact) mass is 456 g/mol. The highest BCUT2D eigenvalue weighted by molar-refractivity contribution is 7.92. The third-order valence-electron chi connectivity index (χ3n) is 5.71. The van der Waals surface area contributed by atoms with Crippen molar-refractivity contribution in [3.8, 4) is 0 Å². The third-order valence-corrected chi connectivity index (χ3v) is 6.98. The molecular formula is C23H24N2O6S. The molecule has 2 aliphatic rings. The minimum Gasteiger partial charge on any atom is -0.462 e.